The molecule has 1 saturated heterocycles. The average Bonchev–Trinajstić information content (AvgIpc) is 3.03. The molecule has 5 rings (SSSR count). The summed E-state index contributed by atoms with van der Waals surface area (Å²) in [7, 11) is 0. The zero-order valence-electron chi connectivity index (χ0n) is 25.6. The van der Waals surface area contributed by atoms with Crippen LogP contribution in [0.3, 0.4) is 0 Å². The van der Waals surface area contributed by atoms with E-state index in [0.717, 1.165) is 31.5 Å². The number of anilines is 2. The van der Waals surface area contributed by atoms with Crippen LogP contribution in [0.2, 0.25) is 5.02 Å². The number of nitrogens with zero attached hydrogens (tertiary/aromatic N) is 3. The molecular formula is C35H37ClFN7O. The number of nitrogens with two attached hydrogens (primary N) is 1. The highest BCUT2D eigenvalue weighted by Gasteiger charge is 2.27. The highest BCUT2D eigenvalue weighted by Crippen LogP contribution is 2.35. The van der Waals surface area contributed by atoms with Crippen LogP contribution in [0, 0.1) is 17.1 Å². The van der Waals surface area contributed by atoms with Gasteiger partial charge in [-0.25, -0.2) is 4.39 Å². The number of aromatic nitrogens is 1. The number of likely N-dealkylation sites (tertiary alicyclic amines) is 1. The number of halogens is 2. The molecule has 4 aromatic rings. The fraction of sp³-hybridized carbons (Fsp3) is 0.286. The molecule has 1 amide bonds. The molecule has 0 spiro atoms. The topological polar surface area (TPSA) is 119 Å². The summed E-state index contributed by atoms with van der Waals surface area (Å²) in [5.41, 5.74) is 9.99. The maximum absolute atomic E-state index is 13.9. The minimum Gasteiger partial charge on any atom is -0.399 e. The van der Waals surface area contributed by atoms with Gasteiger partial charge in [-0.15, -0.1) is 0 Å². The molecule has 0 radical (unpaired) electrons. The van der Waals surface area contributed by atoms with Gasteiger partial charge in [-0.3, -0.25) is 14.7 Å². The predicted molar refractivity (Wildman–Crippen MR) is 178 cm³/mol. The van der Waals surface area contributed by atoms with Crippen LogP contribution < -0.4 is 21.7 Å². The van der Waals surface area contributed by atoms with Crippen molar-refractivity contribution >= 4 is 39.8 Å². The smallest absolute Gasteiger partial charge is 0.255 e. The van der Waals surface area contributed by atoms with Crippen molar-refractivity contribution in [3.63, 3.8) is 0 Å². The van der Waals surface area contributed by atoms with Gasteiger partial charge < -0.3 is 21.7 Å². The Morgan fingerprint density at radius 2 is 1.82 bits per heavy atom. The Kier molecular flexibility index (Phi) is 9.57. The lowest BCUT2D eigenvalue weighted by Crippen LogP contribution is -2.49. The number of nitrogens with one attached hydrogen (secondary N) is 3. The van der Waals surface area contributed by atoms with Gasteiger partial charge in [0.2, 0.25) is 0 Å². The maximum atomic E-state index is 13.9. The van der Waals surface area contributed by atoms with Crippen LogP contribution in [0.25, 0.3) is 10.9 Å². The normalized spacial score (nSPS) is 15.3. The van der Waals surface area contributed by atoms with Crippen LogP contribution in [0.1, 0.15) is 61.1 Å². The molecular weight excluding hydrogens is 589 g/mol. The SMILES string of the molecule is CC(C)(C)N1CCC(N/C=C(\N)C(Nc2cc(Cl)c3ncc(C#N)c(NC(=O)c4ccccc4)c3c2)c2ccc(F)cc2)CC1. The Hall–Kier alpha value is -4.65. The van der Waals surface area contributed by atoms with Crippen LogP contribution in [0.5, 0.6) is 0 Å². The second kappa shape index (κ2) is 13.6. The van der Waals surface area contributed by atoms with Crippen LogP contribution >= 0.6 is 11.6 Å². The summed E-state index contributed by atoms with van der Waals surface area (Å²) in [5.74, 6) is -0.726. The van der Waals surface area contributed by atoms with E-state index in [1.807, 2.05) is 12.3 Å². The zero-order chi connectivity index (χ0) is 32.1. The molecule has 10 heteroatoms. The maximum Gasteiger partial charge on any atom is 0.255 e. The number of piperidine rings is 1. The van der Waals surface area contributed by atoms with Crippen molar-refractivity contribution in [3.8, 4) is 6.07 Å². The van der Waals surface area contributed by atoms with Crippen molar-refractivity contribution in [2.24, 2.45) is 5.73 Å². The molecule has 3 aromatic carbocycles. The minimum atomic E-state index is -0.546. The van der Waals surface area contributed by atoms with E-state index in [-0.39, 0.29) is 28.9 Å². The summed E-state index contributed by atoms with van der Waals surface area (Å²) >= 11 is 6.71. The fourth-order valence-electron chi connectivity index (χ4n) is 5.53. The van der Waals surface area contributed by atoms with E-state index < -0.39 is 6.04 Å². The highest BCUT2D eigenvalue weighted by molar-refractivity contribution is 6.36. The van der Waals surface area contributed by atoms with Crippen LogP contribution in [-0.2, 0) is 0 Å². The number of carbonyl (C=O) groups is 1. The lowest BCUT2D eigenvalue weighted by atomic mass is 9.98. The number of rotatable bonds is 8. The predicted octanol–water partition coefficient (Wildman–Crippen LogP) is 6.96. The van der Waals surface area contributed by atoms with Crippen LogP contribution in [0.15, 0.2) is 84.8 Å². The first-order chi connectivity index (χ1) is 21.5. The molecule has 1 aliphatic rings. The monoisotopic (exact) mass is 625 g/mol. The van der Waals surface area contributed by atoms with E-state index in [0.29, 0.717) is 38.6 Å². The van der Waals surface area contributed by atoms with Gasteiger partial charge in [0.25, 0.3) is 5.91 Å². The third-order valence-corrected chi connectivity index (χ3v) is 8.38. The quantitative estimate of drug-likeness (QED) is 0.167. The molecule has 0 aliphatic carbocycles. The summed E-state index contributed by atoms with van der Waals surface area (Å²) in [4.78, 5) is 20.0. The minimum absolute atomic E-state index is 0.131. The van der Waals surface area contributed by atoms with E-state index in [1.165, 1.54) is 18.3 Å². The second-order valence-electron chi connectivity index (χ2n) is 12.2. The largest absolute Gasteiger partial charge is 0.399 e. The molecule has 2 heterocycles. The summed E-state index contributed by atoms with van der Waals surface area (Å²) in [5, 5.41) is 20.5. The molecule has 1 aromatic heterocycles. The Balaban J connectivity index is 1.46. The van der Waals surface area contributed by atoms with Crippen molar-refractivity contribution in [1.82, 2.24) is 15.2 Å². The van der Waals surface area contributed by atoms with Gasteiger partial charge in [0.05, 0.1) is 33.5 Å². The molecule has 232 valence electrons. The average molecular weight is 626 g/mol. The van der Waals surface area contributed by atoms with Crippen molar-refractivity contribution in [1.29, 1.82) is 5.26 Å². The summed E-state index contributed by atoms with van der Waals surface area (Å²) in [6, 6.07) is 20.2. The third-order valence-electron chi connectivity index (χ3n) is 8.10. The second-order valence-corrected chi connectivity index (χ2v) is 12.6. The third kappa shape index (κ3) is 7.54. The molecule has 1 aliphatic heterocycles. The Morgan fingerprint density at radius 1 is 1.13 bits per heavy atom. The van der Waals surface area contributed by atoms with Crippen molar-refractivity contribution in [2.45, 2.75) is 51.2 Å². The highest BCUT2D eigenvalue weighted by atomic mass is 35.5. The molecule has 0 bridgehead atoms. The van der Waals surface area contributed by atoms with Crippen molar-refractivity contribution < 1.29 is 9.18 Å². The first-order valence-corrected chi connectivity index (χ1v) is 15.3. The van der Waals surface area contributed by atoms with Gasteiger partial charge in [0.15, 0.2) is 0 Å². The Labute approximate surface area is 268 Å². The lowest BCUT2D eigenvalue weighted by Gasteiger charge is -2.41. The van der Waals surface area contributed by atoms with E-state index in [4.69, 9.17) is 17.3 Å². The Morgan fingerprint density at radius 3 is 2.47 bits per heavy atom. The lowest BCUT2D eigenvalue weighted by molar-refractivity contribution is 0.0988. The molecule has 5 N–H and O–H groups in total. The summed E-state index contributed by atoms with van der Waals surface area (Å²) < 4.78 is 13.9. The van der Waals surface area contributed by atoms with E-state index >= 15 is 0 Å². The number of amides is 1. The number of pyridine rings is 1. The molecule has 1 atom stereocenters. The van der Waals surface area contributed by atoms with Gasteiger partial charge in [-0.2, -0.15) is 5.26 Å². The molecule has 1 unspecified atom stereocenters. The van der Waals surface area contributed by atoms with Crippen molar-refractivity contribution in [3.05, 3.63) is 112 Å². The van der Waals surface area contributed by atoms with Gasteiger partial charge in [0.1, 0.15) is 11.9 Å². The number of nitriles is 1. The van der Waals surface area contributed by atoms with E-state index in [9.17, 15) is 14.4 Å². The first-order valence-electron chi connectivity index (χ1n) is 14.9. The number of benzene rings is 3. The van der Waals surface area contributed by atoms with Gasteiger partial charge in [-0.05, 0) is 75.6 Å². The fourth-order valence-corrected chi connectivity index (χ4v) is 5.80. The standard InChI is InChI=1S/C35H37ClFN7O/c1-35(2,3)44-15-13-26(14-16-44)40-21-30(39)32(22-9-11-25(37)12-10-22)42-27-17-28-31(43-34(45)23-7-5-4-6-8-23)24(19-38)20-41-33(28)29(36)18-27/h4-12,17-18,20-21,26,32,40,42H,13-16,39H2,1-3H3,(H,41,43,45)/b30-21-. The van der Waals surface area contributed by atoms with Crippen molar-refractivity contribution in [2.75, 3.05) is 23.7 Å². The number of carbonyl (C=O) groups excluding carboxylic acids is 1. The number of hydrogen-bond acceptors (Lipinski definition) is 7. The molecule has 8 nitrogen and oxygen atoms in total. The van der Waals surface area contributed by atoms with Gasteiger partial charge in [0, 0.05) is 53.7 Å². The van der Waals surface area contributed by atoms with Crippen LogP contribution in [0.4, 0.5) is 15.8 Å². The molecule has 0 saturated carbocycles. The van der Waals surface area contributed by atoms with Crippen LogP contribution in [-0.4, -0.2) is 40.5 Å². The van der Waals surface area contributed by atoms with E-state index in [2.05, 4.69) is 52.7 Å². The van der Waals surface area contributed by atoms with Gasteiger partial charge >= 0.3 is 0 Å². The molecule has 1 fully saturated rings. The zero-order valence-corrected chi connectivity index (χ0v) is 26.3. The number of hydrogen-bond donors (Lipinski definition) is 4. The summed E-state index contributed by atoms with van der Waals surface area (Å²) in [6.07, 6.45) is 5.19. The van der Waals surface area contributed by atoms with E-state index in [1.54, 1.807) is 48.5 Å². The number of fused-ring (bicyclic) bond motifs is 1. The Bertz CT molecular complexity index is 1740. The summed E-state index contributed by atoms with van der Waals surface area (Å²) in [6.45, 7) is 8.67. The van der Waals surface area contributed by atoms with Gasteiger partial charge in [-0.1, -0.05) is 41.9 Å². The first kappa shape index (κ1) is 31.8. The molecule has 45 heavy (non-hydrogen) atoms.